The van der Waals surface area contributed by atoms with Gasteiger partial charge >= 0.3 is 0 Å². The highest BCUT2D eigenvalue weighted by molar-refractivity contribution is 5.92. The van der Waals surface area contributed by atoms with Crippen molar-refractivity contribution in [2.75, 3.05) is 43.5 Å². The molecule has 3 N–H and O–H groups in total. The number of carbonyl (C=O) groups is 1. The summed E-state index contributed by atoms with van der Waals surface area (Å²) in [6.07, 6.45) is 6.27. The van der Waals surface area contributed by atoms with Crippen LogP contribution in [0.3, 0.4) is 0 Å². The molecular formula is C20H26N6O2. The molecule has 0 spiro atoms. The zero-order valence-corrected chi connectivity index (χ0v) is 15.9. The summed E-state index contributed by atoms with van der Waals surface area (Å²) in [5.74, 6) is 1.97. The van der Waals surface area contributed by atoms with Crippen LogP contribution in [0.25, 0.3) is 11.3 Å². The Morgan fingerprint density at radius 3 is 2.86 bits per heavy atom. The highest BCUT2D eigenvalue weighted by Gasteiger charge is 2.22. The standard InChI is InChI=1S/C20H26N6O2/c27-20(16-1-5-21-12-16)26-19-10-17(24-13-25-19)15-2-6-22-18(9-15)23-11-14-3-7-28-8-4-14/h2,6,9-10,13-14,16,21H,1,3-5,7-8,11-12H2,(H,22,23)(H,24,25,26,27)/t16-/m1/s1. The molecule has 8 nitrogen and oxygen atoms in total. The molecule has 4 rings (SSSR count). The summed E-state index contributed by atoms with van der Waals surface area (Å²) in [5, 5.41) is 9.53. The van der Waals surface area contributed by atoms with E-state index in [1.54, 1.807) is 12.3 Å². The third kappa shape index (κ3) is 4.82. The van der Waals surface area contributed by atoms with E-state index in [1.807, 2.05) is 12.1 Å². The zero-order chi connectivity index (χ0) is 19.2. The van der Waals surface area contributed by atoms with Crippen LogP contribution in [-0.4, -0.2) is 53.7 Å². The minimum absolute atomic E-state index is 0.000306. The number of anilines is 2. The van der Waals surface area contributed by atoms with Crippen LogP contribution >= 0.6 is 0 Å². The van der Waals surface area contributed by atoms with Crippen LogP contribution in [-0.2, 0) is 9.53 Å². The van der Waals surface area contributed by atoms with E-state index in [-0.39, 0.29) is 11.8 Å². The lowest BCUT2D eigenvalue weighted by Gasteiger charge is -2.22. The minimum atomic E-state index is 0.000306. The molecule has 0 bridgehead atoms. The molecule has 0 radical (unpaired) electrons. The predicted octanol–water partition coefficient (Wildman–Crippen LogP) is 1.93. The van der Waals surface area contributed by atoms with Gasteiger partial charge in [0.15, 0.2) is 0 Å². The van der Waals surface area contributed by atoms with Crippen LogP contribution in [0.1, 0.15) is 19.3 Å². The Morgan fingerprint density at radius 2 is 2.04 bits per heavy atom. The summed E-state index contributed by atoms with van der Waals surface area (Å²) in [6, 6.07) is 5.69. The molecule has 1 amide bonds. The number of hydrogen-bond acceptors (Lipinski definition) is 7. The predicted molar refractivity (Wildman–Crippen MR) is 107 cm³/mol. The van der Waals surface area contributed by atoms with E-state index in [2.05, 4.69) is 30.9 Å². The molecule has 1 atom stereocenters. The number of carbonyl (C=O) groups excluding carboxylic acids is 1. The fraction of sp³-hybridized carbons (Fsp3) is 0.500. The highest BCUT2D eigenvalue weighted by Crippen LogP contribution is 2.22. The Hall–Kier alpha value is -2.58. The Morgan fingerprint density at radius 1 is 1.14 bits per heavy atom. The van der Waals surface area contributed by atoms with Crippen molar-refractivity contribution in [3.05, 3.63) is 30.7 Å². The maximum atomic E-state index is 12.3. The fourth-order valence-corrected chi connectivity index (χ4v) is 3.58. The molecule has 2 saturated heterocycles. The minimum Gasteiger partial charge on any atom is -0.381 e. The van der Waals surface area contributed by atoms with Crippen molar-refractivity contribution in [2.45, 2.75) is 19.3 Å². The number of aromatic nitrogens is 3. The number of rotatable bonds is 6. The Balaban J connectivity index is 1.41. The van der Waals surface area contributed by atoms with E-state index in [0.29, 0.717) is 11.7 Å². The van der Waals surface area contributed by atoms with Gasteiger partial charge in [-0.15, -0.1) is 0 Å². The van der Waals surface area contributed by atoms with Crippen LogP contribution in [0.15, 0.2) is 30.7 Å². The normalized spacial score (nSPS) is 20.1. The Kier molecular flexibility index (Phi) is 6.08. The molecule has 148 valence electrons. The quantitative estimate of drug-likeness (QED) is 0.702. The van der Waals surface area contributed by atoms with Crippen LogP contribution in [0.4, 0.5) is 11.6 Å². The lowest BCUT2D eigenvalue weighted by Crippen LogP contribution is -2.25. The first kappa shape index (κ1) is 18.8. The smallest absolute Gasteiger partial charge is 0.229 e. The molecule has 2 aliphatic heterocycles. The molecule has 2 aromatic heterocycles. The van der Waals surface area contributed by atoms with Crippen molar-refractivity contribution < 1.29 is 9.53 Å². The van der Waals surface area contributed by atoms with Crippen molar-refractivity contribution in [3.8, 4) is 11.3 Å². The molecule has 28 heavy (non-hydrogen) atoms. The van der Waals surface area contributed by atoms with Gasteiger partial charge in [0.25, 0.3) is 0 Å². The lowest BCUT2D eigenvalue weighted by atomic mass is 10.0. The maximum absolute atomic E-state index is 12.3. The van der Waals surface area contributed by atoms with Crippen LogP contribution in [0, 0.1) is 11.8 Å². The van der Waals surface area contributed by atoms with Crippen molar-refractivity contribution in [1.29, 1.82) is 0 Å². The molecule has 2 fully saturated rings. The van der Waals surface area contributed by atoms with Crippen molar-refractivity contribution >= 4 is 17.5 Å². The molecule has 0 saturated carbocycles. The van der Waals surface area contributed by atoms with Crippen LogP contribution < -0.4 is 16.0 Å². The van der Waals surface area contributed by atoms with Crippen LogP contribution in [0.5, 0.6) is 0 Å². The summed E-state index contributed by atoms with van der Waals surface area (Å²) in [5.41, 5.74) is 1.69. The second kappa shape index (κ2) is 9.07. The number of pyridine rings is 1. The first-order chi connectivity index (χ1) is 13.8. The fourth-order valence-electron chi connectivity index (χ4n) is 3.58. The highest BCUT2D eigenvalue weighted by atomic mass is 16.5. The molecule has 0 aromatic carbocycles. The van der Waals surface area contributed by atoms with Gasteiger partial charge in [0.2, 0.25) is 5.91 Å². The number of amides is 1. The lowest BCUT2D eigenvalue weighted by molar-refractivity contribution is -0.119. The average molecular weight is 382 g/mol. The van der Waals surface area contributed by atoms with Gasteiger partial charge in [-0.05, 0) is 43.9 Å². The molecule has 4 heterocycles. The maximum Gasteiger partial charge on any atom is 0.229 e. The van der Waals surface area contributed by atoms with Gasteiger partial charge in [0, 0.05) is 44.1 Å². The van der Waals surface area contributed by atoms with Gasteiger partial charge in [-0.3, -0.25) is 4.79 Å². The summed E-state index contributed by atoms with van der Waals surface area (Å²) in [4.78, 5) is 25.3. The van der Waals surface area contributed by atoms with E-state index in [4.69, 9.17) is 4.74 Å². The number of ether oxygens (including phenoxy) is 1. The monoisotopic (exact) mass is 382 g/mol. The first-order valence-corrected chi connectivity index (χ1v) is 9.89. The third-order valence-corrected chi connectivity index (χ3v) is 5.32. The summed E-state index contributed by atoms with van der Waals surface area (Å²) >= 11 is 0. The van der Waals surface area contributed by atoms with Crippen molar-refractivity contribution in [3.63, 3.8) is 0 Å². The zero-order valence-electron chi connectivity index (χ0n) is 15.9. The second-order valence-corrected chi connectivity index (χ2v) is 7.33. The van der Waals surface area contributed by atoms with Gasteiger partial charge in [-0.1, -0.05) is 0 Å². The molecule has 2 aromatic rings. The molecule has 2 aliphatic rings. The number of nitrogens with one attached hydrogen (secondary N) is 3. The van der Waals surface area contributed by atoms with Gasteiger partial charge in [-0.25, -0.2) is 15.0 Å². The van der Waals surface area contributed by atoms with Crippen molar-refractivity contribution in [1.82, 2.24) is 20.3 Å². The van der Waals surface area contributed by atoms with Crippen molar-refractivity contribution in [2.24, 2.45) is 11.8 Å². The van der Waals surface area contributed by atoms with Crippen LogP contribution in [0.2, 0.25) is 0 Å². The number of hydrogen-bond donors (Lipinski definition) is 3. The van der Waals surface area contributed by atoms with E-state index in [9.17, 15) is 4.79 Å². The number of nitrogens with zero attached hydrogens (tertiary/aromatic N) is 3. The van der Waals surface area contributed by atoms with Gasteiger partial charge < -0.3 is 20.7 Å². The van der Waals surface area contributed by atoms with E-state index in [1.165, 1.54) is 6.33 Å². The summed E-state index contributed by atoms with van der Waals surface area (Å²) < 4.78 is 5.41. The average Bonchev–Trinajstić information content (AvgIpc) is 3.29. The summed E-state index contributed by atoms with van der Waals surface area (Å²) in [7, 11) is 0. The Labute approximate surface area is 164 Å². The van der Waals surface area contributed by atoms with E-state index in [0.717, 1.165) is 69.2 Å². The van der Waals surface area contributed by atoms with E-state index >= 15 is 0 Å². The van der Waals surface area contributed by atoms with Gasteiger partial charge in [0.05, 0.1) is 11.6 Å². The molecule has 8 heteroatoms. The molecule has 0 aliphatic carbocycles. The molecule has 0 unspecified atom stereocenters. The summed E-state index contributed by atoms with van der Waals surface area (Å²) in [6.45, 7) is 4.17. The van der Waals surface area contributed by atoms with Gasteiger partial charge in [0.1, 0.15) is 18.0 Å². The molecular weight excluding hydrogens is 356 g/mol. The first-order valence-electron chi connectivity index (χ1n) is 9.89. The van der Waals surface area contributed by atoms with E-state index < -0.39 is 0 Å². The Bertz CT molecular complexity index is 803. The second-order valence-electron chi connectivity index (χ2n) is 7.33. The topological polar surface area (TPSA) is 101 Å². The SMILES string of the molecule is O=C(Nc1cc(-c2ccnc(NCC3CCOCC3)c2)ncn1)[C@@H]1CCNC1. The third-order valence-electron chi connectivity index (χ3n) is 5.32. The largest absolute Gasteiger partial charge is 0.381 e. The van der Waals surface area contributed by atoms with Gasteiger partial charge in [-0.2, -0.15) is 0 Å².